The lowest BCUT2D eigenvalue weighted by molar-refractivity contribution is -0.120. The van der Waals surface area contributed by atoms with Crippen LogP contribution in [0.1, 0.15) is 11.1 Å². The SMILES string of the molecule is COc1ccc2ccccc2c1/C=N/NC(=O)Cc1ccc(Cl)cc1. The van der Waals surface area contributed by atoms with Gasteiger partial charge in [-0.1, -0.05) is 54.1 Å². The zero-order valence-electron chi connectivity index (χ0n) is 13.7. The number of benzene rings is 3. The third-order valence-electron chi connectivity index (χ3n) is 3.81. The Labute approximate surface area is 151 Å². The van der Waals surface area contributed by atoms with Gasteiger partial charge < -0.3 is 4.74 Å². The van der Waals surface area contributed by atoms with Gasteiger partial charge in [-0.2, -0.15) is 5.10 Å². The summed E-state index contributed by atoms with van der Waals surface area (Å²) in [6, 6.07) is 19.0. The Kier molecular flexibility index (Phi) is 5.31. The van der Waals surface area contributed by atoms with Crippen LogP contribution in [0.2, 0.25) is 5.02 Å². The molecule has 0 heterocycles. The molecule has 0 spiro atoms. The molecule has 4 nitrogen and oxygen atoms in total. The van der Waals surface area contributed by atoms with Crippen molar-refractivity contribution in [1.82, 2.24) is 5.43 Å². The van der Waals surface area contributed by atoms with Gasteiger partial charge in [0.15, 0.2) is 0 Å². The molecular formula is C20H17ClN2O2. The first-order valence-corrected chi connectivity index (χ1v) is 8.17. The molecular weight excluding hydrogens is 336 g/mol. The molecule has 3 aromatic carbocycles. The minimum Gasteiger partial charge on any atom is -0.496 e. The number of hydrogen-bond donors (Lipinski definition) is 1. The van der Waals surface area contributed by atoms with Gasteiger partial charge in [0.25, 0.3) is 0 Å². The van der Waals surface area contributed by atoms with Crippen LogP contribution in [0.3, 0.4) is 0 Å². The summed E-state index contributed by atoms with van der Waals surface area (Å²) in [5, 5.41) is 6.82. The van der Waals surface area contributed by atoms with Crippen LogP contribution >= 0.6 is 11.6 Å². The van der Waals surface area contributed by atoms with E-state index in [4.69, 9.17) is 16.3 Å². The van der Waals surface area contributed by atoms with E-state index in [9.17, 15) is 4.79 Å². The number of amides is 1. The zero-order chi connectivity index (χ0) is 17.6. The van der Waals surface area contributed by atoms with E-state index in [0.717, 1.165) is 21.9 Å². The van der Waals surface area contributed by atoms with Crippen molar-refractivity contribution >= 4 is 34.5 Å². The van der Waals surface area contributed by atoms with Crippen molar-refractivity contribution in [2.75, 3.05) is 7.11 Å². The highest BCUT2D eigenvalue weighted by molar-refractivity contribution is 6.30. The van der Waals surface area contributed by atoms with Crippen LogP contribution in [-0.2, 0) is 11.2 Å². The lowest BCUT2D eigenvalue weighted by Crippen LogP contribution is -2.19. The van der Waals surface area contributed by atoms with E-state index in [1.807, 2.05) is 48.5 Å². The van der Waals surface area contributed by atoms with Gasteiger partial charge in [-0.15, -0.1) is 0 Å². The van der Waals surface area contributed by atoms with Crippen molar-refractivity contribution in [3.05, 3.63) is 76.8 Å². The van der Waals surface area contributed by atoms with Gasteiger partial charge >= 0.3 is 0 Å². The Morgan fingerprint density at radius 1 is 1.12 bits per heavy atom. The second-order valence-electron chi connectivity index (χ2n) is 5.50. The normalized spacial score (nSPS) is 11.0. The summed E-state index contributed by atoms with van der Waals surface area (Å²) in [5.74, 6) is 0.507. The molecule has 0 atom stereocenters. The zero-order valence-corrected chi connectivity index (χ0v) is 14.5. The Hall–Kier alpha value is -2.85. The van der Waals surface area contributed by atoms with Crippen LogP contribution in [0.25, 0.3) is 10.8 Å². The summed E-state index contributed by atoms with van der Waals surface area (Å²) >= 11 is 5.84. The van der Waals surface area contributed by atoms with Gasteiger partial charge in [0, 0.05) is 10.6 Å². The highest BCUT2D eigenvalue weighted by Crippen LogP contribution is 2.26. The van der Waals surface area contributed by atoms with E-state index in [0.29, 0.717) is 10.8 Å². The van der Waals surface area contributed by atoms with Gasteiger partial charge in [0.2, 0.25) is 5.91 Å². The number of hydrazone groups is 1. The first-order chi connectivity index (χ1) is 12.2. The Morgan fingerprint density at radius 3 is 2.64 bits per heavy atom. The smallest absolute Gasteiger partial charge is 0.244 e. The van der Waals surface area contributed by atoms with Crippen LogP contribution in [-0.4, -0.2) is 19.2 Å². The number of fused-ring (bicyclic) bond motifs is 1. The van der Waals surface area contributed by atoms with Crippen molar-refractivity contribution < 1.29 is 9.53 Å². The molecule has 0 saturated heterocycles. The highest BCUT2D eigenvalue weighted by atomic mass is 35.5. The molecule has 5 heteroatoms. The maximum atomic E-state index is 12.0. The second kappa shape index (κ2) is 7.81. The summed E-state index contributed by atoms with van der Waals surface area (Å²) in [6.45, 7) is 0. The summed E-state index contributed by atoms with van der Waals surface area (Å²) in [5.41, 5.74) is 4.25. The molecule has 0 aliphatic rings. The van der Waals surface area contributed by atoms with E-state index >= 15 is 0 Å². The maximum Gasteiger partial charge on any atom is 0.244 e. The molecule has 1 amide bonds. The molecule has 0 saturated carbocycles. The molecule has 25 heavy (non-hydrogen) atoms. The molecule has 0 aromatic heterocycles. The molecule has 0 bridgehead atoms. The largest absolute Gasteiger partial charge is 0.496 e. The average Bonchev–Trinajstić information content (AvgIpc) is 2.63. The van der Waals surface area contributed by atoms with Crippen molar-refractivity contribution in [3.8, 4) is 5.75 Å². The quantitative estimate of drug-likeness (QED) is 0.552. The molecule has 0 fully saturated rings. The van der Waals surface area contributed by atoms with E-state index < -0.39 is 0 Å². The van der Waals surface area contributed by atoms with E-state index in [-0.39, 0.29) is 12.3 Å². The number of nitrogens with zero attached hydrogens (tertiary/aromatic N) is 1. The van der Waals surface area contributed by atoms with E-state index in [1.165, 1.54) is 0 Å². The average molecular weight is 353 g/mol. The van der Waals surface area contributed by atoms with Crippen LogP contribution in [0.4, 0.5) is 0 Å². The Morgan fingerprint density at radius 2 is 1.88 bits per heavy atom. The van der Waals surface area contributed by atoms with Crippen LogP contribution in [0.15, 0.2) is 65.8 Å². The number of hydrogen-bond acceptors (Lipinski definition) is 3. The highest BCUT2D eigenvalue weighted by Gasteiger charge is 2.06. The van der Waals surface area contributed by atoms with Crippen LogP contribution in [0.5, 0.6) is 5.75 Å². The molecule has 0 unspecified atom stereocenters. The standard InChI is InChI=1S/C20H17ClN2O2/c1-25-19-11-8-15-4-2-3-5-17(15)18(19)13-22-23-20(24)12-14-6-9-16(21)10-7-14/h2-11,13H,12H2,1H3,(H,23,24)/b22-13+. The predicted octanol–water partition coefficient (Wildman–Crippen LogP) is 4.19. The van der Waals surface area contributed by atoms with Crippen LogP contribution < -0.4 is 10.2 Å². The summed E-state index contributed by atoms with van der Waals surface area (Å²) in [4.78, 5) is 12.0. The second-order valence-corrected chi connectivity index (χ2v) is 5.94. The van der Waals surface area contributed by atoms with Crippen molar-refractivity contribution in [1.29, 1.82) is 0 Å². The van der Waals surface area contributed by atoms with Crippen molar-refractivity contribution in [2.45, 2.75) is 6.42 Å². The molecule has 0 aliphatic carbocycles. The third-order valence-corrected chi connectivity index (χ3v) is 4.06. The Bertz CT molecular complexity index is 921. The van der Waals surface area contributed by atoms with Crippen molar-refractivity contribution in [2.24, 2.45) is 5.10 Å². The monoisotopic (exact) mass is 352 g/mol. The fourth-order valence-electron chi connectivity index (χ4n) is 2.58. The molecule has 126 valence electrons. The molecule has 0 aliphatic heterocycles. The summed E-state index contributed by atoms with van der Waals surface area (Å²) in [7, 11) is 1.61. The number of carbonyl (C=O) groups excluding carboxylic acids is 1. The number of ether oxygens (including phenoxy) is 1. The lowest BCUT2D eigenvalue weighted by Gasteiger charge is -2.08. The number of rotatable bonds is 5. The predicted molar refractivity (Wildman–Crippen MR) is 101 cm³/mol. The van der Waals surface area contributed by atoms with Gasteiger partial charge in [-0.25, -0.2) is 5.43 Å². The third kappa shape index (κ3) is 4.17. The number of methoxy groups -OCH3 is 1. The first-order valence-electron chi connectivity index (χ1n) is 7.79. The maximum absolute atomic E-state index is 12.0. The molecule has 0 radical (unpaired) electrons. The number of carbonyl (C=O) groups is 1. The van der Waals surface area contributed by atoms with Crippen molar-refractivity contribution in [3.63, 3.8) is 0 Å². The molecule has 3 rings (SSSR count). The van der Waals surface area contributed by atoms with E-state index in [1.54, 1.807) is 25.5 Å². The van der Waals surface area contributed by atoms with Gasteiger partial charge in [-0.3, -0.25) is 4.79 Å². The molecule has 3 aromatic rings. The van der Waals surface area contributed by atoms with Gasteiger partial charge in [-0.05, 0) is 34.5 Å². The molecule has 1 N–H and O–H groups in total. The fraction of sp³-hybridized carbons (Fsp3) is 0.100. The van der Waals surface area contributed by atoms with Gasteiger partial charge in [0.1, 0.15) is 5.75 Å². The Balaban J connectivity index is 1.74. The number of nitrogens with one attached hydrogen (secondary N) is 1. The number of halogens is 1. The lowest BCUT2D eigenvalue weighted by atomic mass is 10.0. The summed E-state index contributed by atoms with van der Waals surface area (Å²) < 4.78 is 5.40. The summed E-state index contributed by atoms with van der Waals surface area (Å²) in [6.07, 6.45) is 1.85. The minimum atomic E-state index is -0.197. The fourth-order valence-corrected chi connectivity index (χ4v) is 2.71. The van der Waals surface area contributed by atoms with Crippen LogP contribution in [0, 0.1) is 0 Å². The minimum absolute atomic E-state index is 0.197. The van der Waals surface area contributed by atoms with Gasteiger partial charge in [0.05, 0.1) is 19.7 Å². The topological polar surface area (TPSA) is 50.7 Å². The van der Waals surface area contributed by atoms with E-state index in [2.05, 4.69) is 10.5 Å². The first kappa shape index (κ1) is 17.0.